The summed E-state index contributed by atoms with van der Waals surface area (Å²) in [4.78, 5) is 25.6. The Balaban J connectivity index is 2.26. The number of halogens is 1. The van der Waals surface area contributed by atoms with E-state index in [1.807, 2.05) is 13.8 Å². The molecule has 2 N–H and O–H groups in total. The molecule has 0 saturated carbocycles. The second-order valence-corrected chi connectivity index (χ2v) is 6.38. The smallest absolute Gasteiger partial charge is 0.316 e. The zero-order valence-corrected chi connectivity index (χ0v) is 13.1. The summed E-state index contributed by atoms with van der Waals surface area (Å²) >= 11 is 6.23. The van der Waals surface area contributed by atoms with Gasteiger partial charge in [0.1, 0.15) is 0 Å². The Labute approximate surface area is 128 Å². The maximum absolute atomic E-state index is 12.3. The highest BCUT2D eigenvalue weighted by Gasteiger charge is 2.41. The second-order valence-electron chi connectivity index (χ2n) is 5.97. The Hall–Kier alpha value is -1.59. The molecule has 1 atom stereocenters. The number of hydrogen-bond donors (Lipinski definition) is 2. The molecule has 0 aromatic heterocycles. The van der Waals surface area contributed by atoms with Crippen LogP contribution >= 0.6 is 11.6 Å². The summed E-state index contributed by atoms with van der Waals surface area (Å²) in [5, 5.41) is 12.2. The third-order valence-corrected chi connectivity index (χ3v) is 3.82. The first kappa shape index (κ1) is 15.8. The number of anilines is 1. The summed E-state index contributed by atoms with van der Waals surface area (Å²) in [7, 11) is 0. The molecule has 6 heteroatoms. The molecule has 0 saturated heterocycles. The predicted octanol–water partition coefficient (Wildman–Crippen LogP) is 1.46. The lowest BCUT2D eigenvalue weighted by Gasteiger charge is -2.20. The van der Waals surface area contributed by atoms with Crippen LogP contribution in [0.4, 0.5) is 5.69 Å². The summed E-state index contributed by atoms with van der Waals surface area (Å²) in [6.45, 7) is 5.95. The van der Waals surface area contributed by atoms with Crippen LogP contribution < -0.4 is 10.2 Å². The van der Waals surface area contributed by atoms with Gasteiger partial charge in [-0.05, 0) is 19.1 Å². The second kappa shape index (κ2) is 5.66. The Morgan fingerprint density at radius 2 is 2.14 bits per heavy atom. The van der Waals surface area contributed by atoms with Crippen LogP contribution in [0.1, 0.15) is 26.3 Å². The molecule has 1 aromatic rings. The van der Waals surface area contributed by atoms with Crippen LogP contribution in [0, 0.1) is 0 Å². The molecule has 0 aliphatic carbocycles. The first-order valence-electron chi connectivity index (χ1n) is 6.81. The van der Waals surface area contributed by atoms with Crippen molar-refractivity contribution in [2.45, 2.75) is 32.3 Å². The summed E-state index contributed by atoms with van der Waals surface area (Å²) in [5.74, 6) is -1.36. The Kier molecular flexibility index (Phi) is 4.25. The molecule has 21 heavy (non-hydrogen) atoms. The molecule has 0 radical (unpaired) electrons. The Morgan fingerprint density at radius 3 is 2.76 bits per heavy atom. The quantitative estimate of drug-likeness (QED) is 0.813. The predicted molar refractivity (Wildman–Crippen MR) is 81.5 cm³/mol. The highest BCUT2D eigenvalue weighted by molar-refractivity contribution is 6.41. The van der Waals surface area contributed by atoms with Gasteiger partial charge in [-0.15, -0.1) is 0 Å². The Morgan fingerprint density at radius 1 is 1.48 bits per heavy atom. The number of fused-ring (bicyclic) bond motifs is 1. The summed E-state index contributed by atoms with van der Waals surface area (Å²) < 4.78 is 0. The van der Waals surface area contributed by atoms with Crippen LogP contribution in [0.5, 0.6) is 0 Å². The number of nitrogens with zero attached hydrogens (tertiary/aromatic N) is 1. The topological polar surface area (TPSA) is 69.6 Å². The molecule has 5 nitrogen and oxygen atoms in total. The molecule has 1 aliphatic rings. The summed E-state index contributed by atoms with van der Waals surface area (Å²) in [6, 6.07) is 5.33. The van der Waals surface area contributed by atoms with Crippen LogP contribution in [-0.4, -0.2) is 36.1 Å². The van der Waals surface area contributed by atoms with Crippen molar-refractivity contribution in [1.29, 1.82) is 0 Å². The lowest BCUT2D eigenvalue weighted by atomic mass is 9.87. The molecule has 0 bridgehead atoms. The SMILES string of the molecule is CC(O)CNC(=O)C(=O)N1CC(C)(C)c2c(Cl)cccc21. The Bertz CT molecular complexity index is 584. The number of nitrogens with one attached hydrogen (secondary N) is 1. The van der Waals surface area contributed by atoms with Crippen LogP contribution in [0.25, 0.3) is 0 Å². The first-order valence-corrected chi connectivity index (χ1v) is 7.18. The maximum Gasteiger partial charge on any atom is 0.316 e. The van der Waals surface area contributed by atoms with E-state index in [-0.39, 0.29) is 12.0 Å². The molecule has 0 spiro atoms. The van der Waals surface area contributed by atoms with Crippen molar-refractivity contribution in [2.75, 3.05) is 18.0 Å². The van der Waals surface area contributed by atoms with Gasteiger partial charge in [0.2, 0.25) is 0 Å². The lowest BCUT2D eigenvalue weighted by Crippen LogP contribution is -2.45. The van der Waals surface area contributed by atoms with Crippen LogP contribution in [0.3, 0.4) is 0 Å². The number of hydrogen-bond acceptors (Lipinski definition) is 3. The van der Waals surface area contributed by atoms with Crippen LogP contribution in [0.15, 0.2) is 18.2 Å². The maximum atomic E-state index is 12.3. The van der Waals surface area contributed by atoms with Crippen molar-refractivity contribution in [2.24, 2.45) is 0 Å². The van der Waals surface area contributed by atoms with Gasteiger partial charge in [0.15, 0.2) is 0 Å². The zero-order chi connectivity index (χ0) is 15.8. The highest BCUT2D eigenvalue weighted by Crippen LogP contribution is 2.44. The normalized spacial score (nSPS) is 17.3. The molecule has 2 amide bonds. The number of benzene rings is 1. The first-order chi connectivity index (χ1) is 9.74. The van der Waals surface area contributed by atoms with E-state index < -0.39 is 17.9 Å². The highest BCUT2D eigenvalue weighted by atomic mass is 35.5. The van der Waals surface area contributed by atoms with Crippen molar-refractivity contribution in [3.8, 4) is 0 Å². The fourth-order valence-electron chi connectivity index (χ4n) is 2.59. The van der Waals surface area contributed by atoms with Gasteiger partial charge in [-0.1, -0.05) is 31.5 Å². The average Bonchev–Trinajstić information content (AvgIpc) is 2.68. The van der Waals surface area contributed by atoms with E-state index in [4.69, 9.17) is 16.7 Å². The number of amides is 2. The van der Waals surface area contributed by atoms with E-state index in [9.17, 15) is 9.59 Å². The number of carbonyl (C=O) groups excluding carboxylic acids is 2. The minimum absolute atomic E-state index is 0.0458. The van der Waals surface area contributed by atoms with Crippen molar-refractivity contribution in [3.05, 3.63) is 28.8 Å². The molecule has 1 heterocycles. The fraction of sp³-hybridized carbons (Fsp3) is 0.467. The minimum atomic E-state index is -0.723. The fourth-order valence-corrected chi connectivity index (χ4v) is 3.01. The van der Waals surface area contributed by atoms with Crippen molar-refractivity contribution in [1.82, 2.24) is 5.32 Å². The molecular weight excluding hydrogens is 292 g/mol. The van der Waals surface area contributed by atoms with E-state index in [1.54, 1.807) is 25.1 Å². The van der Waals surface area contributed by atoms with E-state index in [0.717, 1.165) is 5.56 Å². The molecule has 1 unspecified atom stereocenters. The van der Waals surface area contributed by atoms with Crippen molar-refractivity contribution >= 4 is 29.1 Å². The number of carbonyl (C=O) groups is 2. The molecule has 0 fully saturated rings. The van der Waals surface area contributed by atoms with Gasteiger partial charge >= 0.3 is 11.8 Å². The molecule has 1 aromatic carbocycles. The number of aliphatic hydroxyl groups excluding tert-OH is 1. The molecule has 2 rings (SSSR count). The van der Waals surface area contributed by atoms with Crippen molar-refractivity contribution < 1.29 is 14.7 Å². The number of aliphatic hydroxyl groups is 1. The van der Waals surface area contributed by atoms with Gasteiger partial charge in [0, 0.05) is 34.8 Å². The van der Waals surface area contributed by atoms with E-state index >= 15 is 0 Å². The van der Waals surface area contributed by atoms with E-state index in [1.165, 1.54) is 4.90 Å². The van der Waals surface area contributed by atoms with Gasteiger partial charge in [-0.25, -0.2) is 0 Å². The van der Waals surface area contributed by atoms with Crippen molar-refractivity contribution in [3.63, 3.8) is 0 Å². The van der Waals surface area contributed by atoms with E-state index in [0.29, 0.717) is 17.3 Å². The largest absolute Gasteiger partial charge is 0.392 e. The van der Waals surface area contributed by atoms with E-state index in [2.05, 4.69) is 5.32 Å². The summed E-state index contributed by atoms with van der Waals surface area (Å²) in [6.07, 6.45) is -0.696. The number of rotatable bonds is 2. The van der Waals surface area contributed by atoms with Gasteiger partial charge in [-0.3, -0.25) is 9.59 Å². The lowest BCUT2D eigenvalue weighted by molar-refractivity contribution is -0.137. The van der Waals surface area contributed by atoms with Gasteiger partial charge in [0.05, 0.1) is 6.10 Å². The van der Waals surface area contributed by atoms with Gasteiger partial charge < -0.3 is 15.3 Å². The molecule has 1 aliphatic heterocycles. The zero-order valence-electron chi connectivity index (χ0n) is 12.3. The average molecular weight is 311 g/mol. The van der Waals surface area contributed by atoms with Gasteiger partial charge in [0.25, 0.3) is 0 Å². The third-order valence-electron chi connectivity index (χ3n) is 3.51. The van der Waals surface area contributed by atoms with Crippen LogP contribution in [-0.2, 0) is 15.0 Å². The molecule has 114 valence electrons. The summed E-state index contributed by atoms with van der Waals surface area (Å²) in [5.41, 5.74) is 1.24. The monoisotopic (exact) mass is 310 g/mol. The third kappa shape index (κ3) is 3.04. The van der Waals surface area contributed by atoms with Crippen LogP contribution in [0.2, 0.25) is 5.02 Å². The minimum Gasteiger partial charge on any atom is -0.392 e. The van der Waals surface area contributed by atoms with Gasteiger partial charge in [-0.2, -0.15) is 0 Å². The molecular formula is C15H19ClN2O3. The standard InChI is InChI=1S/C15H19ClN2O3/c1-9(19)7-17-13(20)14(21)18-8-15(2,3)12-10(16)5-4-6-11(12)18/h4-6,9,19H,7-8H2,1-3H3,(H,17,20).